The summed E-state index contributed by atoms with van der Waals surface area (Å²) >= 11 is 0. The van der Waals surface area contributed by atoms with E-state index in [2.05, 4.69) is 15.3 Å². The van der Waals surface area contributed by atoms with Gasteiger partial charge in [0.15, 0.2) is 11.5 Å². The Balaban J connectivity index is 1.55. The fourth-order valence-corrected chi connectivity index (χ4v) is 3.42. The summed E-state index contributed by atoms with van der Waals surface area (Å²) in [5, 5.41) is 3.11. The molecule has 6 heteroatoms. The zero-order valence-electron chi connectivity index (χ0n) is 18.3. The monoisotopic (exact) mass is 439 g/mol. The summed E-state index contributed by atoms with van der Waals surface area (Å²) in [7, 11) is 0. The fourth-order valence-electron chi connectivity index (χ4n) is 3.42. The lowest BCUT2D eigenvalue weighted by molar-refractivity contribution is 0.0941. The quantitative estimate of drug-likeness (QED) is 0.398. The van der Waals surface area contributed by atoms with Crippen LogP contribution in [0.4, 0.5) is 0 Å². The Morgan fingerprint density at radius 3 is 2.48 bits per heavy atom. The molecule has 0 bridgehead atoms. The van der Waals surface area contributed by atoms with Crippen molar-refractivity contribution in [3.63, 3.8) is 0 Å². The molecule has 0 saturated carbocycles. The largest absolute Gasteiger partial charge is 0.490 e. The van der Waals surface area contributed by atoms with Gasteiger partial charge >= 0.3 is 0 Å². The van der Waals surface area contributed by atoms with Gasteiger partial charge in [-0.2, -0.15) is 0 Å². The number of hydrogen-bond donors (Lipinski definition) is 1. The van der Waals surface area contributed by atoms with Crippen LogP contribution < -0.4 is 14.8 Å². The standard InChI is InChI=1S/C27H25N3O3/c1-2-32-25-17-22(13-14-24(25)33-19-20-9-8-15-28-18-20)27(31)30-26(21-10-4-3-5-11-21)23-12-6-7-16-29-23/h3-18,26H,2,19H2,1H3,(H,30,31). The van der Waals surface area contributed by atoms with Crippen molar-refractivity contribution in [2.24, 2.45) is 0 Å². The predicted molar refractivity (Wildman–Crippen MR) is 126 cm³/mol. The van der Waals surface area contributed by atoms with E-state index in [1.54, 1.807) is 36.8 Å². The lowest BCUT2D eigenvalue weighted by Crippen LogP contribution is -2.30. The number of carbonyl (C=O) groups is 1. The number of aromatic nitrogens is 2. The molecule has 0 aliphatic rings. The van der Waals surface area contributed by atoms with Crippen LogP contribution in [-0.2, 0) is 6.61 Å². The zero-order valence-corrected chi connectivity index (χ0v) is 18.3. The number of hydrogen-bond acceptors (Lipinski definition) is 5. The highest BCUT2D eigenvalue weighted by Crippen LogP contribution is 2.30. The number of nitrogens with zero attached hydrogens (tertiary/aromatic N) is 2. The molecule has 1 amide bonds. The molecular weight excluding hydrogens is 414 g/mol. The van der Waals surface area contributed by atoms with E-state index in [0.717, 1.165) is 16.8 Å². The van der Waals surface area contributed by atoms with Crippen LogP contribution in [0, 0.1) is 0 Å². The van der Waals surface area contributed by atoms with Crippen LogP contribution >= 0.6 is 0 Å². The van der Waals surface area contributed by atoms with Crippen LogP contribution in [0.15, 0.2) is 97.5 Å². The van der Waals surface area contributed by atoms with Crippen LogP contribution in [-0.4, -0.2) is 22.5 Å². The normalized spacial score (nSPS) is 11.4. The van der Waals surface area contributed by atoms with Crippen LogP contribution in [0.2, 0.25) is 0 Å². The van der Waals surface area contributed by atoms with E-state index in [1.807, 2.05) is 67.6 Å². The number of carbonyl (C=O) groups excluding carboxylic acids is 1. The molecule has 33 heavy (non-hydrogen) atoms. The summed E-state index contributed by atoms with van der Waals surface area (Å²) in [5.41, 5.74) is 3.14. The predicted octanol–water partition coefficient (Wildman–Crippen LogP) is 4.97. The van der Waals surface area contributed by atoms with Gasteiger partial charge in [-0.1, -0.05) is 42.5 Å². The number of rotatable bonds is 9. The minimum atomic E-state index is -0.378. The van der Waals surface area contributed by atoms with E-state index in [1.165, 1.54) is 0 Å². The molecule has 4 rings (SSSR count). The first kappa shape index (κ1) is 22.0. The van der Waals surface area contributed by atoms with Crippen molar-refractivity contribution < 1.29 is 14.3 Å². The van der Waals surface area contributed by atoms with Gasteiger partial charge < -0.3 is 14.8 Å². The van der Waals surface area contributed by atoms with E-state index < -0.39 is 0 Å². The first-order valence-corrected chi connectivity index (χ1v) is 10.8. The Morgan fingerprint density at radius 1 is 0.909 bits per heavy atom. The van der Waals surface area contributed by atoms with Gasteiger partial charge in [0.05, 0.1) is 18.3 Å². The topological polar surface area (TPSA) is 73.3 Å². The van der Waals surface area contributed by atoms with E-state index in [-0.39, 0.29) is 11.9 Å². The van der Waals surface area contributed by atoms with Crippen molar-refractivity contribution in [2.45, 2.75) is 19.6 Å². The van der Waals surface area contributed by atoms with E-state index in [0.29, 0.717) is 30.3 Å². The minimum Gasteiger partial charge on any atom is -0.490 e. The summed E-state index contributed by atoms with van der Waals surface area (Å²) < 4.78 is 11.7. The third-order valence-electron chi connectivity index (χ3n) is 5.01. The molecule has 0 saturated heterocycles. The van der Waals surface area contributed by atoms with Crippen molar-refractivity contribution in [1.29, 1.82) is 0 Å². The highest BCUT2D eigenvalue weighted by Gasteiger charge is 2.20. The maximum absolute atomic E-state index is 13.2. The molecule has 2 heterocycles. The van der Waals surface area contributed by atoms with Gasteiger partial charge in [-0.25, -0.2) is 0 Å². The summed E-state index contributed by atoms with van der Waals surface area (Å²) in [5.74, 6) is 0.860. The lowest BCUT2D eigenvalue weighted by atomic mass is 10.0. The molecule has 0 radical (unpaired) electrons. The Hall–Kier alpha value is -4.19. The number of benzene rings is 2. The highest BCUT2D eigenvalue weighted by atomic mass is 16.5. The molecule has 0 aliphatic carbocycles. The second-order valence-corrected chi connectivity index (χ2v) is 7.32. The van der Waals surface area contributed by atoms with Crippen molar-refractivity contribution in [2.75, 3.05) is 6.61 Å². The third-order valence-corrected chi connectivity index (χ3v) is 5.01. The minimum absolute atomic E-state index is 0.228. The summed E-state index contributed by atoms with van der Waals surface area (Å²) in [6.07, 6.45) is 5.19. The molecule has 0 aliphatic heterocycles. The first-order chi connectivity index (χ1) is 16.2. The molecular formula is C27H25N3O3. The zero-order chi connectivity index (χ0) is 22.9. The van der Waals surface area contributed by atoms with Gasteiger partial charge in [-0.05, 0) is 48.9 Å². The van der Waals surface area contributed by atoms with E-state index >= 15 is 0 Å². The van der Waals surface area contributed by atoms with E-state index in [9.17, 15) is 4.79 Å². The molecule has 4 aromatic rings. The van der Waals surface area contributed by atoms with Crippen LogP contribution in [0.25, 0.3) is 0 Å². The van der Waals surface area contributed by atoms with Crippen molar-refractivity contribution in [3.05, 3.63) is 120 Å². The third kappa shape index (κ3) is 5.74. The van der Waals surface area contributed by atoms with Gasteiger partial charge in [0, 0.05) is 29.7 Å². The van der Waals surface area contributed by atoms with Gasteiger partial charge in [0.2, 0.25) is 0 Å². The highest BCUT2D eigenvalue weighted by molar-refractivity contribution is 5.95. The van der Waals surface area contributed by atoms with Crippen LogP contribution in [0.3, 0.4) is 0 Å². The second kappa shape index (κ2) is 10.9. The maximum Gasteiger partial charge on any atom is 0.252 e. The fraction of sp³-hybridized carbons (Fsp3) is 0.148. The molecule has 6 nitrogen and oxygen atoms in total. The number of ether oxygens (including phenoxy) is 2. The second-order valence-electron chi connectivity index (χ2n) is 7.32. The average Bonchev–Trinajstić information content (AvgIpc) is 2.88. The van der Waals surface area contributed by atoms with Gasteiger partial charge in [-0.15, -0.1) is 0 Å². The molecule has 2 aromatic carbocycles. The Labute approximate surface area is 193 Å². The Morgan fingerprint density at radius 2 is 1.76 bits per heavy atom. The van der Waals surface area contributed by atoms with Crippen LogP contribution in [0.1, 0.15) is 40.1 Å². The summed E-state index contributed by atoms with van der Waals surface area (Å²) in [6, 6.07) is 24.1. The maximum atomic E-state index is 13.2. The lowest BCUT2D eigenvalue weighted by Gasteiger charge is -2.19. The number of nitrogens with one attached hydrogen (secondary N) is 1. The molecule has 2 aromatic heterocycles. The smallest absolute Gasteiger partial charge is 0.252 e. The summed E-state index contributed by atoms with van der Waals surface area (Å²) in [6.45, 7) is 2.70. The van der Waals surface area contributed by atoms with Gasteiger partial charge in [0.25, 0.3) is 5.91 Å². The molecule has 1 N–H and O–H groups in total. The molecule has 1 atom stereocenters. The Bertz CT molecular complexity index is 1130. The molecule has 1 unspecified atom stereocenters. The van der Waals surface area contributed by atoms with Crippen molar-refractivity contribution in [1.82, 2.24) is 15.3 Å². The van der Waals surface area contributed by atoms with E-state index in [4.69, 9.17) is 9.47 Å². The first-order valence-electron chi connectivity index (χ1n) is 10.8. The van der Waals surface area contributed by atoms with Crippen molar-refractivity contribution in [3.8, 4) is 11.5 Å². The summed E-state index contributed by atoms with van der Waals surface area (Å²) in [4.78, 5) is 21.8. The number of amides is 1. The average molecular weight is 440 g/mol. The molecule has 0 spiro atoms. The van der Waals surface area contributed by atoms with Gasteiger partial charge in [0.1, 0.15) is 6.61 Å². The van der Waals surface area contributed by atoms with Crippen LogP contribution in [0.5, 0.6) is 11.5 Å². The number of pyridine rings is 2. The van der Waals surface area contributed by atoms with Crippen molar-refractivity contribution >= 4 is 5.91 Å². The Kier molecular flexibility index (Phi) is 7.28. The molecule has 166 valence electrons. The SMILES string of the molecule is CCOc1cc(C(=O)NC(c2ccccc2)c2ccccn2)ccc1OCc1cccnc1. The van der Waals surface area contributed by atoms with Gasteiger partial charge in [-0.3, -0.25) is 14.8 Å². The molecule has 0 fully saturated rings.